The molecule has 0 saturated carbocycles. The number of nitrogens with two attached hydrogens (primary N) is 1. The molecule has 0 fully saturated rings. The third kappa shape index (κ3) is 3.45. The number of benzene rings is 3. The van der Waals surface area contributed by atoms with Crippen LogP contribution in [0.1, 0.15) is 26.3 Å². The van der Waals surface area contributed by atoms with E-state index >= 15 is 0 Å². The maximum Gasteiger partial charge on any atom is 0.0314 e. The average Bonchev–Trinajstić information content (AvgIpc) is 2.55. The van der Waals surface area contributed by atoms with E-state index in [0.717, 1.165) is 5.69 Å². The first-order valence-corrected chi connectivity index (χ1v) is 8.00. The van der Waals surface area contributed by atoms with E-state index in [4.69, 9.17) is 5.73 Å². The highest BCUT2D eigenvalue weighted by Gasteiger charge is 2.13. The molecule has 0 unspecified atom stereocenters. The van der Waals surface area contributed by atoms with Crippen LogP contribution in [0.3, 0.4) is 0 Å². The molecule has 0 radical (unpaired) electrons. The minimum atomic E-state index is 0.192. The molecule has 0 amide bonds. The van der Waals surface area contributed by atoms with Crippen LogP contribution in [0.25, 0.3) is 22.3 Å². The molecule has 0 bridgehead atoms. The molecule has 23 heavy (non-hydrogen) atoms. The number of hydrogen-bond acceptors (Lipinski definition) is 1. The first-order chi connectivity index (χ1) is 10.9. The van der Waals surface area contributed by atoms with E-state index in [1.807, 2.05) is 12.1 Å². The Morgan fingerprint density at radius 1 is 0.522 bits per heavy atom. The third-order valence-electron chi connectivity index (χ3n) is 4.21. The van der Waals surface area contributed by atoms with E-state index in [1.54, 1.807) is 0 Å². The van der Waals surface area contributed by atoms with Crippen LogP contribution in [-0.2, 0) is 5.41 Å². The molecular weight excluding hydrogens is 278 g/mol. The van der Waals surface area contributed by atoms with E-state index in [1.165, 1.54) is 27.8 Å². The second kappa shape index (κ2) is 5.92. The molecule has 0 aliphatic carbocycles. The lowest BCUT2D eigenvalue weighted by Gasteiger charge is -2.19. The van der Waals surface area contributed by atoms with E-state index in [2.05, 4.69) is 81.4 Å². The second-order valence-corrected chi connectivity index (χ2v) is 7.03. The summed E-state index contributed by atoms with van der Waals surface area (Å²) in [5.41, 5.74) is 13.0. The van der Waals surface area contributed by atoms with Gasteiger partial charge < -0.3 is 5.73 Å². The van der Waals surface area contributed by atoms with E-state index < -0.39 is 0 Å². The van der Waals surface area contributed by atoms with Crippen LogP contribution in [0, 0.1) is 0 Å². The first kappa shape index (κ1) is 15.4. The molecule has 0 aromatic heterocycles. The summed E-state index contributed by atoms with van der Waals surface area (Å²) in [5.74, 6) is 0. The van der Waals surface area contributed by atoms with Crippen molar-refractivity contribution >= 4 is 5.69 Å². The van der Waals surface area contributed by atoms with E-state index in [-0.39, 0.29) is 5.41 Å². The van der Waals surface area contributed by atoms with Gasteiger partial charge in [0.05, 0.1) is 0 Å². The topological polar surface area (TPSA) is 26.0 Å². The lowest BCUT2D eigenvalue weighted by Crippen LogP contribution is -2.10. The zero-order valence-electron chi connectivity index (χ0n) is 14.0. The maximum absolute atomic E-state index is 5.75. The van der Waals surface area contributed by atoms with Crippen LogP contribution >= 0.6 is 0 Å². The van der Waals surface area contributed by atoms with Gasteiger partial charge in [0.25, 0.3) is 0 Å². The van der Waals surface area contributed by atoms with Gasteiger partial charge in [-0.3, -0.25) is 0 Å². The Labute approximate surface area is 138 Å². The molecule has 3 aromatic carbocycles. The lowest BCUT2D eigenvalue weighted by molar-refractivity contribution is 0.590. The fraction of sp³-hybridized carbons (Fsp3) is 0.182. The summed E-state index contributed by atoms with van der Waals surface area (Å²) in [6.45, 7) is 6.72. The zero-order valence-corrected chi connectivity index (χ0v) is 14.0. The minimum absolute atomic E-state index is 0.192. The smallest absolute Gasteiger partial charge is 0.0314 e. The van der Waals surface area contributed by atoms with Gasteiger partial charge in [-0.1, -0.05) is 81.4 Å². The van der Waals surface area contributed by atoms with Gasteiger partial charge in [-0.25, -0.2) is 0 Å². The van der Waals surface area contributed by atoms with Crippen LogP contribution in [0.4, 0.5) is 5.69 Å². The Bertz CT molecular complexity index is 773. The number of anilines is 1. The zero-order chi connectivity index (χ0) is 16.4. The summed E-state index contributed by atoms with van der Waals surface area (Å²) in [6, 6.07) is 25.5. The van der Waals surface area contributed by atoms with Crippen molar-refractivity contribution in [3.8, 4) is 22.3 Å². The molecule has 116 valence electrons. The Hall–Kier alpha value is -2.54. The van der Waals surface area contributed by atoms with E-state index in [0.29, 0.717) is 0 Å². The van der Waals surface area contributed by atoms with Gasteiger partial charge in [0, 0.05) is 5.69 Å². The standard InChI is InChI=1S/C22H23N/c1-22(2,3)20-12-8-18(9-13-20)16-4-6-17(7-5-16)19-10-14-21(23)15-11-19/h4-15H,23H2,1-3H3. The SMILES string of the molecule is CC(C)(C)c1ccc(-c2ccc(-c3ccc(N)cc3)cc2)cc1. The predicted octanol–water partition coefficient (Wildman–Crippen LogP) is 5.90. The van der Waals surface area contributed by atoms with Gasteiger partial charge in [-0.05, 0) is 45.4 Å². The van der Waals surface area contributed by atoms with Crippen molar-refractivity contribution in [1.29, 1.82) is 0 Å². The van der Waals surface area contributed by atoms with Crippen molar-refractivity contribution in [2.75, 3.05) is 5.73 Å². The van der Waals surface area contributed by atoms with Crippen LogP contribution < -0.4 is 5.73 Å². The molecule has 0 atom stereocenters. The van der Waals surface area contributed by atoms with Gasteiger partial charge >= 0.3 is 0 Å². The van der Waals surface area contributed by atoms with Crippen LogP contribution in [-0.4, -0.2) is 0 Å². The highest BCUT2D eigenvalue weighted by atomic mass is 14.5. The normalized spacial score (nSPS) is 11.4. The van der Waals surface area contributed by atoms with Gasteiger partial charge in [-0.2, -0.15) is 0 Å². The van der Waals surface area contributed by atoms with Gasteiger partial charge in [0.1, 0.15) is 0 Å². The summed E-state index contributed by atoms with van der Waals surface area (Å²) in [4.78, 5) is 0. The maximum atomic E-state index is 5.75. The Morgan fingerprint density at radius 3 is 1.17 bits per heavy atom. The Kier molecular flexibility index (Phi) is 3.96. The van der Waals surface area contributed by atoms with Crippen molar-refractivity contribution in [1.82, 2.24) is 0 Å². The first-order valence-electron chi connectivity index (χ1n) is 8.00. The third-order valence-corrected chi connectivity index (χ3v) is 4.21. The summed E-state index contributed by atoms with van der Waals surface area (Å²) < 4.78 is 0. The van der Waals surface area contributed by atoms with Gasteiger partial charge in [0.2, 0.25) is 0 Å². The quantitative estimate of drug-likeness (QED) is 0.586. The molecule has 0 spiro atoms. The molecule has 0 aliphatic heterocycles. The van der Waals surface area contributed by atoms with Gasteiger partial charge in [-0.15, -0.1) is 0 Å². The molecule has 0 heterocycles. The fourth-order valence-corrected chi connectivity index (χ4v) is 2.69. The van der Waals surface area contributed by atoms with Crippen molar-refractivity contribution in [2.24, 2.45) is 0 Å². The van der Waals surface area contributed by atoms with Crippen LogP contribution in [0.2, 0.25) is 0 Å². The van der Waals surface area contributed by atoms with Crippen molar-refractivity contribution < 1.29 is 0 Å². The molecule has 1 nitrogen and oxygen atoms in total. The molecule has 3 rings (SSSR count). The Balaban J connectivity index is 1.86. The summed E-state index contributed by atoms with van der Waals surface area (Å²) >= 11 is 0. The van der Waals surface area contributed by atoms with Crippen molar-refractivity contribution in [3.05, 3.63) is 78.4 Å². The molecular formula is C22H23N. The second-order valence-electron chi connectivity index (χ2n) is 7.03. The van der Waals surface area contributed by atoms with E-state index in [9.17, 15) is 0 Å². The molecule has 2 N–H and O–H groups in total. The minimum Gasteiger partial charge on any atom is -0.399 e. The van der Waals surface area contributed by atoms with Crippen molar-refractivity contribution in [2.45, 2.75) is 26.2 Å². The average molecular weight is 301 g/mol. The fourth-order valence-electron chi connectivity index (χ4n) is 2.69. The highest BCUT2D eigenvalue weighted by Crippen LogP contribution is 2.28. The molecule has 1 heteroatoms. The monoisotopic (exact) mass is 301 g/mol. The molecule has 0 aliphatic rings. The van der Waals surface area contributed by atoms with Gasteiger partial charge in [0.15, 0.2) is 0 Å². The number of rotatable bonds is 2. The number of nitrogen functional groups attached to an aromatic ring is 1. The van der Waals surface area contributed by atoms with Crippen molar-refractivity contribution in [3.63, 3.8) is 0 Å². The molecule has 0 saturated heterocycles. The number of hydrogen-bond donors (Lipinski definition) is 1. The summed E-state index contributed by atoms with van der Waals surface area (Å²) in [7, 11) is 0. The Morgan fingerprint density at radius 2 is 0.826 bits per heavy atom. The largest absolute Gasteiger partial charge is 0.399 e. The summed E-state index contributed by atoms with van der Waals surface area (Å²) in [6.07, 6.45) is 0. The van der Waals surface area contributed by atoms with Crippen LogP contribution in [0.15, 0.2) is 72.8 Å². The van der Waals surface area contributed by atoms with Crippen LogP contribution in [0.5, 0.6) is 0 Å². The molecule has 3 aromatic rings. The predicted molar refractivity (Wildman–Crippen MR) is 100 cm³/mol. The lowest BCUT2D eigenvalue weighted by atomic mass is 9.86. The highest BCUT2D eigenvalue weighted by molar-refractivity contribution is 5.71. The summed E-state index contributed by atoms with van der Waals surface area (Å²) in [5, 5.41) is 0.